The van der Waals surface area contributed by atoms with E-state index in [-0.39, 0.29) is 24.4 Å². The Labute approximate surface area is 257 Å². The number of hydrogen-bond donors (Lipinski definition) is 2. The van der Waals surface area contributed by atoms with Crippen molar-refractivity contribution in [3.63, 3.8) is 0 Å². The maximum atomic E-state index is 12.8. The van der Waals surface area contributed by atoms with Gasteiger partial charge in [-0.2, -0.15) is 0 Å². The maximum absolute atomic E-state index is 12.8. The summed E-state index contributed by atoms with van der Waals surface area (Å²) < 4.78 is 13.2. The second-order valence-corrected chi connectivity index (χ2v) is 11.3. The third-order valence-electron chi connectivity index (χ3n) is 6.32. The van der Waals surface area contributed by atoms with Gasteiger partial charge in [0.05, 0.1) is 22.2 Å². The third kappa shape index (κ3) is 9.47. The van der Waals surface area contributed by atoms with E-state index in [1.165, 1.54) is 11.1 Å². The summed E-state index contributed by atoms with van der Waals surface area (Å²) >= 11 is 7.01. The van der Waals surface area contributed by atoms with Crippen molar-refractivity contribution in [3.05, 3.63) is 128 Å². The molecule has 41 heavy (non-hydrogen) atoms. The minimum absolute atomic E-state index is 0.233. The molecule has 4 aromatic carbocycles. The number of nitrogens with one attached hydrogen (secondary N) is 2. The standard InChI is InChI=1S/C33H32Br2N2O4/c1-23(37-33(39)27-13-15-31(29(35)21-27)41-19-17-25-10-6-3-7-11-25)22-36-32(38)26-12-14-30(28(34)20-26)40-18-16-24-8-4-2-5-9-24/h2-15,20-21,23H,16-19,22H2,1H3,(H,36,38)(H,37,39). The molecule has 0 aliphatic heterocycles. The van der Waals surface area contributed by atoms with Crippen LogP contribution < -0.4 is 20.1 Å². The van der Waals surface area contributed by atoms with Crippen LogP contribution >= 0.6 is 31.9 Å². The smallest absolute Gasteiger partial charge is 0.251 e. The molecule has 8 heteroatoms. The lowest BCUT2D eigenvalue weighted by Crippen LogP contribution is -2.41. The minimum Gasteiger partial charge on any atom is -0.492 e. The summed E-state index contributed by atoms with van der Waals surface area (Å²) in [5.41, 5.74) is 3.40. The molecule has 4 rings (SSSR count). The average Bonchev–Trinajstić information content (AvgIpc) is 2.98. The summed E-state index contributed by atoms with van der Waals surface area (Å²) in [6.45, 7) is 3.19. The lowest BCUT2D eigenvalue weighted by Gasteiger charge is -2.16. The first kappa shape index (κ1) is 30.3. The van der Waals surface area contributed by atoms with E-state index in [0.717, 1.165) is 12.8 Å². The number of amides is 2. The molecule has 2 N–H and O–H groups in total. The van der Waals surface area contributed by atoms with E-state index in [2.05, 4.69) is 66.8 Å². The van der Waals surface area contributed by atoms with E-state index in [9.17, 15) is 9.59 Å². The molecule has 6 nitrogen and oxygen atoms in total. The lowest BCUT2D eigenvalue weighted by atomic mass is 10.1. The fourth-order valence-corrected chi connectivity index (χ4v) is 5.06. The number of carbonyl (C=O) groups excluding carboxylic acids is 2. The zero-order valence-corrected chi connectivity index (χ0v) is 25.9. The van der Waals surface area contributed by atoms with Crippen LogP contribution in [-0.4, -0.2) is 37.6 Å². The lowest BCUT2D eigenvalue weighted by molar-refractivity contribution is 0.0912. The molecule has 0 aromatic heterocycles. The molecule has 0 saturated heterocycles. The molecule has 0 heterocycles. The second kappa shape index (κ2) is 15.4. The Bertz CT molecular complexity index is 1450. The first-order chi connectivity index (χ1) is 19.9. The van der Waals surface area contributed by atoms with Crippen molar-refractivity contribution in [3.8, 4) is 11.5 Å². The summed E-state index contributed by atoms with van der Waals surface area (Å²) in [6, 6.07) is 30.5. The Hall–Kier alpha value is -3.62. The number of rotatable bonds is 13. The van der Waals surface area contributed by atoms with Gasteiger partial charge >= 0.3 is 0 Å². The van der Waals surface area contributed by atoms with Gasteiger partial charge in [-0.1, -0.05) is 60.7 Å². The molecule has 1 atom stereocenters. The fourth-order valence-electron chi connectivity index (χ4n) is 4.07. The molecular weight excluding hydrogens is 648 g/mol. The molecule has 2 amide bonds. The number of benzene rings is 4. The van der Waals surface area contributed by atoms with Crippen molar-refractivity contribution in [2.24, 2.45) is 0 Å². The van der Waals surface area contributed by atoms with Crippen molar-refractivity contribution >= 4 is 43.7 Å². The van der Waals surface area contributed by atoms with Gasteiger partial charge in [0, 0.05) is 36.6 Å². The van der Waals surface area contributed by atoms with Crippen molar-refractivity contribution in [1.29, 1.82) is 0 Å². The number of carbonyl (C=O) groups is 2. The second-order valence-electron chi connectivity index (χ2n) is 9.54. The largest absolute Gasteiger partial charge is 0.492 e. The van der Waals surface area contributed by atoms with Gasteiger partial charge in [0.25, 0.3) is 11.8 Å². The Morgan fingerprint density at radius 3 is 1.61 bits per heavy atom. The molecule has 0 radical (unpaired) electrons. The highest BCUT2D eigenvalue weighted by Gasteiger charge is 2.15. The van der Waals surface area contributed by atoms with Crippen LogP contribution in [0.5, 0.6) is 11.5 Å². The molecule has 212 valence electrons. The molecule has 0 spiro atoms. The Balaban J connectivity index is 1.20. The highest BCUT2D eigenvalue weighted by molar-refractivity contribution is 9.10. The van der Waals surface area contributed by atoms with Crippen molar-refractivity contribution in [2.75, 3.05) is 19.8 Å². The molecule has 0 saturated carbocycles. The van der Waals surface area contributed by atoms with Crippen LogP contribution in [0.15, 0.2) is 106 Å². The number of hydrogen-bond acceptors (Lipinski definition) is 4. The van der Waals surface area contributed by atoms with Crippen LogP contribution in [0.3, 0.4) is 0 Å². The molecule has 1 unspecified atom stereocenters. The molecule has 0 aliphatic rings. The predicted octanol–water partition coefficient (Wildman–Crippen LogP) is 7.00. The van der Waals surface area contributed by atoms with Crippen LogP contribution in [-0.2, 0) is 12.8 Å². The fraction of sp³-hybridized carbons (Fsp3) is 0.212. The maximum Gasteiger partial charge on any atom is 0.251 e. The molecule has 0 fully saturated rings. The van der Waals surface area contributed by atoms with Gasteiger partial charge in [-0.25, -0.2) is 0 Å². The highest BCUT2D eigenvalue weighted by Crippen LogP contribution is 2.27. The Morgan fingerprint density at radius 1 is 0.683 bits per heavy atom. The summed E-state index contributed by atoms with van der Waals surface area (Å²) in [5.74, 6) is 0.888. The predicted molar refractivity (Wildman–Crippen MR) is 169 cm³/mol. The van der Waals surface area contributed by atoms with Crippen LogP contribution in [0.2, 0.25) is 0 Å². The van der Waals surface area contributed by atoms with Crippen LogP contribution in [0.25, 0.3) is 0 Å². The normalized spacial score (nSPS) is 11.4. The summed E-state index contributed by atoms with van der Waals surface area (Å²) in [6.07, 6.45) is 1.59. The molecule has 0 bridgehead atoms. The van der Waals surface area contributed by atoms with Gasteiger partial charge in [-0.3, -0.25) is 9.59 Å². The van der Waals surface area contributed by atoms with Crippen LogP contribution in [0, 0.1) is 0 Å². The number of halogens is 2. The van der Waals surface area contributed by atoms with Crippen molar-refractivity contribution in [1.82, 2.24) is 10.6 Å². The van der Waals surface area contributed by atoms with E-state index in [4.69, 9.17) is 9.47 Å². The van der Waals surface area contributed by atoms with Gasteiger partial charge in [0.15, 0.2) is 0 Å². The van der Waals surface area contributed by atoms with E-state index >= 15 is 0 Å². The van der Waals surface area contributed by atoms with Crippen LogP contribution in [0.4, 0.5) is 0 Å². The Kier molecular flexibility index (Phi) is 11.4. The van der Waals surface area contributed by atoms with Gasteiger partial charge < -0.3 is 20.1 Å². The first-order valence-corrected chi connectivity index (χ1v) is 15.0. The first-order valence-electron chi connectivity index (χ1n) is 13.4. The quantitative estimate of drug-likeness (QED) is 0.160. The zero-order valence-electron chi connectivity index (χ0n) is 22.7. The van der Waals surface area contributed by atoms with E-state index in [0.29, 0.717) is 44.8 Å². The minimum atomic E-state index is -0.281. The third-order valence-corrected chi connectivity index (χ3v) is 7.56. The van der Waals surface area contributed by atoms with Gasteiger partial charge in [0.2, 0.25) is 0 Å². The molecule has 0 aliphatic carbocycles. The van der Waals surface area contributed by atoms with E-state index < -0.39 is 0 Å². The van der Waals surface area contributed by atoms with Gasteiger partial charge in [-0.15, -0.1) is 0 Å². The molecular formula is C33H32Br2N2O4. The number of ether oxygens (including phenoxy) is 2. The SMILES string of the molecule is CC(CNC(=O)c1ccc(OCCc2ccccc2)c(Br)c1)NC(=O)c1ccc(OCCc2ccccc2)c(Br)c1. The average molecular weight is 680 g/mol. The van der Waals surface area contributed by atoms with Crippen molar-refractivity contribution in [2.45, 2.75) is 25.8 Å². The topological polar surface area (TPSA) is 76.7 Å². The van der Waals surface area contributed by atoms with Gasteiger partial charge in [-0.05, 0) is 86.3 Å². The van der Waals surface area contributed by atoms with Crippen molar-refractivity contribution < 1.29 is 19.1 Å². The zero-order chi connectivity index (χ0) is 29.0. The van der Waals surface area contributed by atoms with E-state index in [1.807, 2.05) is 43.3 Å². The molecule has 4 aromatic rings. The van der Waals surface area contributed by atoms with E-state index in [1.54, 1.807) is 36.4 Å². The summed E-state index contributed by atoms with van der Waals surface area (Å²) in [5, 5.41) is 5.81. The monoisotopic (exact) mass is 678 g/mol. The van der Waals surface area contributed by atoms with Gasteiger partial charge in [0.1, 0.15) is 11.5 Å². The Morgan fingerprint density at radius 2 is 1.15 bits per heavy atom. The summed E-state index contributed by atoms with van der Waals surface area (Å²) in [7, 11) is 0. The highest BCUT2D eigenvalue weighted by atomic mass is 79.9. The summed E-state index contributed by atoms with van der Waals surface area (Å²) in [4.78, 5) is 25.5. The van der Waals surface area contributed by atoms with Crippen LogP contribution in [0.1, 0.15) is 38.8 Å².